The third-order valence-corrected chi connectivity index (χ3v) is 4.81. The van der Waals surface area contributed by atoms with Gasteiger partial charge < -0.3 is 14.4 Å². The summed E-state index contributed by atoms with van der Waals surface area (Å²) in [6, 6.07) is 0.192. The molecule has 0 bridgehead atoms. The molecular formula is C16H25N5O2. The Labute approximate surface area is 136 Å². The van der Waals surface area contributed by atoms with Crippen molar-refractivity contribution in [1.82, 2.24) is 24.6 Å². The summed E-state index contributed by atoms with van der Waals surface area (Å²) in [5.74, 6) is 2.04. The number of amides is 2. The number of rotatable bonds is 3. The molecule has 126 valence electrons. The van der Waals surface area contributed by atoms with Gasteiger partial charge in [-0.25, -0.2) is 0 Å². The van der Waals surface area contributed by atoms with Crippen LogP contribution in [0.25, 0.3) is 0 Å². The van der Waals surface area contributed by atoms with Crippen LogP contribution in [0.15, 0.2) is 0 Å². The molecule has 1 unspecified atom stereocenters. The molecule has 0 aromatic carbocycles. The van der Waals surface area contributed by atoms with Gasteiger partial charge >= 0.3 is 0 Å². The third kappa shape index (κ3) is 3.38. The van der Waals surface area contributed by atoms with Gasteiger partial charge in [0, 0.05) is 32.5 Å². The maximum Gasteiger partial charge on any atom is 0.224 e. The smallest absolute Gasteiger partial charge is 0.224 e. The minimum absolute atomic E-state index is 0.0980. The van der Waals surface area contributed by atoms with E-state index in [0.29, 0.717) is 32.5 Å². The van der Waals surface area contributed by atoms with Gasteiger partial charge in [0.2, 0.25) is 11.8 Å². The molecule has 7 nitrogen and oxygen atoms in total. The molecule has 3 heterocycles. The number of fused-ring (bicyclic) bond motifs is 1. The van der Waals surface area contributed by atoms with E-state index >= 15 is 0 Å². The van der Waals surface area contributed by atoms with Crippen LogP contribution < -0.4 is 0 Å². The molecular weight excluding hydrogens is 294 g/mol. The number of carbonyl (C=O) groups excluding carboxylic acids is 2. The Bertz CT molecular complexity index is 597. The average molecular weight is 319 g/mol. The first-order valence-electron chi connectivity index (χ1n) is 8.52. The van der Waals surface area contributed by atoms with E-state index in [-0.39, 0.29) is 17.9 Å². The number of aryl methyl sites for hydroxylation is 1. The lowest BCUT2D eigenvalue weighted by Crippen LogP contribution is -2.42. The zero-order valence-corrected chi connectivity index (χ0v) is 14.0. The largest absolute Gasteiger partial charge is 0.342 e. The molecule has 0 spiro atoms. The van der Waals surface area contributed by atoms with Gasteiger partial charge in [0.15, 0.2) is 5.82 Å². The summed E-state index contributed by atoms with van der Waals surface area (Å²) in [6.45, 7) is 6.54. The fraction of sp³-hybridized carbons (Fsp3) is 0.750. The van der Waals surface area contributed by atoms with E-state index in [2.05, 4.69) is 21.7 Å². The number of aromatic nitrogens is 3. The Morgan fingerprint density at radius 3 is 2.91 bits per heavy atom. The monoisotopic (exact) mass is 319 g/mol. The van der Waals surface area contributed by atoms with Crippen LogP contribution in [-0.4, -0.2) is 56.0 Å². The lowest BCUT2D eigenvalue weighted by Gasteiger charge is -2.33. The van der Waals surface area contributed by atoms with Crippen LogP contribution >= 0.6 is 0 Å². The van der Waals surface area contributed by atoms with E-state index in [9.17, 15) is 9.59 Å². The quantitative estimate of drug-likeness (QED) is 0.841. The molecule has 2 aliphatic heterocycles. The first-order chi connectivity index (χ1) is 11.1. The van der Waals surface area contributed by atoms with Crippen molar-refractivity contribution in [1.29, 1.82) is 0 Å². The third-order valence-electron chi connectivity index (χ3n) is 4.81. The second-order valence-corrected chi connectivity index (χ2v) is 6.60. The van der Waals surface area contributed by atoms with Gasteiger partial charge in [-0.05, 0) is 26.7 Å². The van der Waals surface area contributed by atoms with Crippen LogP contribution in [0, 0.1) is 6.92 Å². The predicted molar refractivity (Wildman–Crippen MR) is 84.6 cm³/mol. The molecule has 0 saturated carbocycles. The second-order valence-electron chi connectivity index (χ2n) is 6.60. The summed E-state index contributed by atoms with van der Waals surface area (Å²) in [4.78, 5) is 28.2. The van der Waals surface area contributed by atoms with Crippen molar-refractivity contribution >= 4 is 11.8 Å². The lowest BCUT2D eigenvalue weighted by atomic mass is 10.2. The van der Waals surface area contributed by atoms with Crippen LogP contribution in [0.4, 0.5) is 0 Å². The van der Waals surface area contributed by atoms with E-state index in [1.807, 2.05) is 16.7 Å². The molecule has 1 fully saturated rings. The maximum absolute atomic E-state index is 12.5. The van der Waals surface area contributed by atoms with Gasteiger partial charge in [0.25, 0.3) is 0 Å². The van der Waals surface area contributed by atoms with Gasteiger partial charge in [0.05, 0.1) is 12.6 Å². The minimum atomic E-state index is 0.0980. The van der Waals surface area contributed by atoms with Crippen LogP contribution in [0.3, 0.4) is 0 Å². The molecule has 2 aliphatic rings. The van der Waals surface area contributed by atoms with Gasteiger partial charge in [-0.15, -0.1) is 10.2 Å². The first-order valence-corrected chi connectivity index (χ1v) is 8.52. The number of hydrogen-bond donors (Lipinski definition) is 0. The minimum Gasteiger partial charge on any atom is -0.342 e. The molecule has 23 heavy (non-hydrogen) atoms. The fourth-order valence-corrected chi connectivity index (χ4v) is 3.58. The van der Waals surface area contributed by atoms with Crippen molar-refractivity contribution in [2.75, 3.05) is 19.6 Å². The lowest BCUT2D eigenvalue weighted by molar-refractivity contribution is -0.135. The van der Waals surface area contributed by atoms with Gasteiger partial charge in [-0.3, -0.25) is 9.59 Å². The zero-order valence-electron chi connectivity index (χ0n) is 14.0. The van der Waals surface area contributed by atoms with Crippen molar-refractivity contribution < 1.29 is 9.59 Å². The molecule has 2 amide bonds. The average Bonchev–Trinajstić information content (AvgIpc) is 2.78. The van der Waals surface area contributed by atoms with Crippen molar-refractivity contribution in [2.45, 2.75) is 58.5 Å². The highest BCUT2D eigenvalue weighted by Gasteiger charge is 2.28. The van der Waals surface area contributed by atoms with Gasteiger partial charge in [-0.1, -0.05) is 6.42 Å². The number of likely N-dealkylation sites (tertiary alicyclic amines) is 1. The molecule has 0 radical (unpaired) electrons. The van der Waals surface area contributed by atoms with Crippen LogP contribution in [0.5, 0.6) is 0 Å². The summed E-state index contributed by atoms with van der Waals surface area (Å²) in [6.07, 6.45) is 4.14. The van der Waals surface area contributed by atoms with Crippen molar-refractivity contribution in [2.24, 2.45) is 0 Å². The summed E-state index contributed by atoms with van der Waals surface area (Å²) in [5, 5.41) is 8.27. The fourth-order valence-electron chi connectivity index (χ4n) is 3.58. The van der Waals surface area contributed by atoms with Crippen LogP contribution in [-0.2, 0) is 16.1 Å². The molecule has 7 heteroatoms. The SMILES string of the molecule is Cc1nnc2n1C(C)CN(C(=O)CCN1CCCCCC1=O)C2. The number of carbonyl (C=O) groups is 2. The Kier molecular flexibility index (Phi) is 4.63. The van der Waals surface area contributed by atoms with Gasteiger partial charge in [0.1, 0.15) is 5.82 Å². The Hall–Kier alpha value is -1.92. The highest BCUT2D eigenvalue weighted by atomic mass is 16.2. The molecule has 1 atom stereocenters. The highest BCUT2D eigenvalue weighted by Crippen LogP contribution is 2.21. The van der Waals surface area contributed by atoms with Crippen molar-refractivity contribution in [3.8, 4) is 0 Å². The van der Waals surface area contributed by atoms with E-state index in [1.54, 1.807) is 0 Å². The van der Waals surface area contributed by atoms with E-state index < -0.39 is 0 Å². The second kappa shape index (κ2) is 6.68. The normalized spacial score (nSPS) is 22.0. The van der Waals surface area contributed by atoms with Gasteiger partial charge in [-0.2, -0.15) is 0 Å². The summed E-state index contributed by atoms with van der Waals surface area (Å²) >= 11 is 0. The van der Waals surface area contributed by atoms with Crippen molar-refractivity contribution in [3.05, 3.63) is 11.6 Å². The van der Waals surface area contributed by atoms with Crippen LogP contribution in [0.1, 0.15) is 56.7 Å². The molecule has 0 N–H and O–H groups in total. The maximum atomic E-state index is 12.5. The molecule has 1 aromatic rings. The number of hydrogen-bond acceptors (Lipinski definition) is 4. The molecule has 0 aliphatic carbocycles. The Morgan fingerprint density at radius 2 is 2.09 bits per heavy atom. The molecule has 1 saturated heterocycles. The topological polar surface area (TPSA) is 71.3 Å². The van der Waals surface area contributed by atoms with Crippen LogP contribution in [0.2, 0.25) is 0 Å². The Balaban J connectivity index is 1.58. The summed E-state index contributed by atoms with van der Waals surface area (Å²) < 4.78 is 2.10. The highest BCUT2D eigenvalue weighted by molar-refractivity contribution is 5.79. The van der Waals surface area contributed by atoms with E-state index in [1.165, 1.54) is 0 Å². The van der Waals surface area contributed by atoms with Crippen molar-refractivity contribution in [3.63, 3.8) is 0 Å². The first kappa shape index (κ1) is 16.0. The summed E-state index contributed by atoms with van der Waals surface area (Å²) in [7, 11) is 0. The van der Waals surface area contributed by atoms with E-state index in [0.717, 1.165) is 37.5 Å². The van der Waals surface area contributed by atoms with E-state index in [4.69, 9.17) is 0 Å². The number of nitrogens with zero attached hydrogens (tertiary/aromatic N) is 5. The molecule has 1 aromatic heterocycles. The predicted octanol–water partition coefficient (Wildman–Crippen LogP) is 1.28. The standard InChI is InChI=1S/C16H25N5O2/c1-12-10-20(11-14-18-17-13(2)21(12)14)16(23)7-9-19-8-5-3-4-6-15(19)22/h12H,3-11H2,1-2H3. The summed E-state index contributed by atoms with van der Waals surface area (Å²) in [5.41, 5.74) is 0. The molecule has 3 rings (SSSR count). The zero-order chi connectivity index (χ0) is 16.4. The Morgan fingerprint density at radius 1 is 1.26 bits per heavy atom.